The van der Waals surface area contributed by atoms with Crippen molar-refractivity contribution in [1.29, 1.82) is 0 Å². The van der Waals surface area contributed by atoms with Crippen molar-refractivity contribution in [2.24, 2.45) is 4.99 Å². The van der Waals surface area contributed by atoms with Gasteiger partial charge in [-0.3, -0.25) is 9.89 Å². The quantitative estimate of drug-likeness (QED) is 0.241. The molecule has 2 unspecified atom stereocenters. The lowest BCUT2D eigenvalue weighted by Crippen LogP contribution is -2.47. The number of guanidine groups is 1. The second-order valence-electron chi connectivity index (χ2n) is 6.30. The van der Waals surface area contributed by atoms with Gasteiger partial charge in [0.15, 0.2) is 5.96 Å². The summed E-state index contributed by atoms with van der Waals surface area (Å²) in [5.41, 5.74) is 0. The number of morpholine rings is 1. The molecule has 24 heavy (non-hydrogen) atoms. The largest absolute Gasteiger partial charge is 0.382 e. The van der Waals surface area contributed by atoms with E-state index in [1.54, 1.807) is 0 Å². The van der Waals surface area contributed by atoms with E-state index in [0.29, 0.717) is 6.04 Å². The fourth-order valence-corrected chi connectivity index (χ4v) is 3.21. The minimum Gasteiger partial charge on any atom is -0.382 e. The molecule has 2 heterocycles. The molecular formula is C17H35IN4O2. The third-order valence-electron chi connectivity index (χ3n) is 4.47. The van der Waals surface area contributed by atoms with E-state index in [0.717, 1.165) is 64.8 Å². The summed E-state index contributed by atoms with van der Waals surface area (Å²) in [6.45, 7) is 11.5. The number of halogens is 1. The van der Waals surface area contributed by atoms with Crippen molar-refractivity contribution in [2.75, 3.05) is 52.5 Å². The summed E-state index contributed by atoms with van der Waals surface area (Å²) < 4.78 is 11.3. The number of nitrogens with one attached hydrogen (secondary N) is 2. The van der Waals surface area contributed by atoms with Crippen LogP contribution in [0.15, 0.2) is 4.99 Å². The van der Waals surface area contributed by atoms with Crippen LogP contribution in [0.5, 0.6) is 0 Å². The molecule has 2 saturated heterocycles. The average molecular weight is 454 g/mol. The van der Waals surface area contributed by atoms with Crippen LogP contribution in [-0.4, -0.2) is 75.5 Å². The normalized spacial score (nSPS) is 24.3. The van der Waals surface area contributed by atoms with Gasteiger partial charge in [0, 0.05) is 38.9 Å². The van der Waals surface area contributed by atoms with Crippen LogP contribution in [0, 0.1) is 0 Å². The third kappa shape index (κ3) is 7.84. The molecule has 0 aromatic rings. The first-order valence-electron chi connectivity index (χ1n) is 9.29. The van der Waals surface area contributed by atoms with Gasteiger partial charge in [-0.2, -0.15) is 0 Å². The molecule has 0 aliphatic carbocycles. The Labute approximate surface area is 164 Å². The molecule has 2 aliphatic heterocycles. The van der Waals surface area contributed by atoms with Gasteiger partial charge in [-0.1, -0.05) is 0 Å². The fourth-order valence-electron chi connectivity index (χ4n) is 3.21. The highest BCUT2D eigenvalue weighted by Gasteiger charge is 2.31. The Morgan fingerprint density at radius 1 is 1.29 bits per heavy atom. The number of hydrogen-bond acceptors (Lipinski definition) is 4. The maximum atomic E-state index is 5.97. The molecule has 2 rings (SSSR count). The number of fused-ring (bicyclic) bond motifs is 1. The first-order chi connectivity index (χ1) is 11.3. The SMILES string of the molecule is CCNC(=NCC1CN2CCCC2CO1)NCCCCOCC.I. The predicted octanol–water partition coefficient (Wildman–Crippen LogP) is 1.84. The maximum absolute atomic E-state index is 5.97. The van der Waals surface area contributed by atoms with Crippen molar-refractivity contribution in [3.8, 4) is 0 Å². The molecule has 2 atom stereocenters. The summed E-state index contributed by atoms with van der Waals surface area (Å²) >= 11 is 0. The summed E-state index contributed by atoms with van der Waals surface area (Å²) in [6, 6.07) is 0.659. The van der Waals surface area contributed by atoms with E-state index in [1.807, 2.05) is 6.92 Å². The van der Waals surface area contributed by atoms with Crippen molar-refractivity contribution in [2.45, 2.75) is 51.7 Å². The number of nitrogens with zero attached hydrogens (tertiary/aromatic N) is 2. The number of aliphatic imine (C=N–C) groups is 1. The topological polar surface area (TPSA) is 58.1 Å². The zero-order chi connectivity index (χ0) is 16.3. The number of rotatable bonds is 9. The molecule has 6 nitrogen and oxygen atoms in total. The average Bonchev–Trinajstić information content (AvgIpc) is 3.03. The highest BCUT2D eigenvalue weighted by molar-refractivity contribution is 14.0. The fraction of sp³-hybridized carbons (Fsp3) is 0.941. The maximum Gasteiger partial charge on any atom is 0.191 e. The van der Waals surface area contributed by atoms with Crippen LogP contribution in [0.2, 0.25) is 0 Å². The summed E-state index contributed by atoms with van der Waals surface area (Å²) in [5.74, 6) is 0.899. The lowest BCUT2D eigenvalue weighted by molar-refractivity contribution is -0.0432. The molecule has 2 N–H and O–H groups in total. The zero-order valence-electron chi connectivity index (χ0n) is 15.3. The van der Waals surface area contributed by atoms with Crippen molar-refractivity contribution in [3.63, 3.8) is 0 Å². The molecule has 7 heteroatoms. The third-order valence-corrected chi connectivity index (χ3v) is 4.47. The van der Waals surface area contributed by atoms with E-state index < -0.39 is 0 Å². The molecule has 0 amide bonds. The van der Waals surface area contributed by atoms with Gasteiger partial charge in [0.05, 0.1) is 19.3 Å². The lowest BCUT2D eigenvalue weighted by Gasteiger charge is -2.34. The first kappa shape index (κ1) is 21.9. The molecule has 0 aromatic carbocycles. The second-order valence-corrected chi connectivity index (χ2v) is 6.30. The summed E-state index contributed by atoms with van der Waals surface area (Å²) in [7, 11) is 0. The predicted molar refractivity (Wildman–Crippen MR) is 109 cm³/mol. The van der Waals surface area contributed by atoms with Crippen LogP contribution in [0.3, 0.4) is 0 Å². The van der Waals surface area contributed by atoms with Gasteiger partial charge in [0.1, 0.15) is 0 Å². The molecule has 0 bridgehead atoms. The Balaban J connectivity index is 0.00000288. The standard InChI is InChI=1S/C17H34N4O2.HI/c1-3-18-17(19-9-5-6-11-22-4-2)20-12-16-13-21-10-7-8-15(21)14-23-16;/h15-16H,3-14H2,1-2H3,(H2,18,19,20);1H. The van der Waals surface area contributed by atoms with Gasteiger partial charge < -0.3 is 20.1 Å². The van der Waals surface area contributed by atoms with E-state index in [-0.39, 0.29) is 30.1 Å². The van der Waals surface area contributed by atoms with Crippen molar-refractivity contribution < 1.29 is 9.47 Å². The second kappa shape index (κ2) is 13.1. The molecule has 142 valence electrons. The van der Waals surface area contributed by atoms with E-state index in [1.165, 1.54) is 19.4 Å². The number of ether oxygens (including phenoxy) is 2. The Bertz CT molecular complexity index is 357. The Morgan fingerprint density at radius 3 is 2.96 bits per heavy atom. The number of unbranched alkanes of at least 4 members (excludes halogenated alkanes) is 1. The van der Waals surface area contributed by atoms with E-state index >= 15 is 0 Å². The molecular weight excluding hydrogens is 419 g/mol. The summed E-state index contributed by atoms with van der Waals surface area (Å²) in [4.78, 5) is 7.26. The number of hydrogen-bond donors (Lipinski definition) is 2. The van der Waals surface area contributed by atoms with Gasteiger partial charge in [-0.05, 0) is 46.1 Å². The Morgan fingerprint density at radius 2 is 2.17 bits per heavy atom. The van der Waals surface area contributed by atoms with Crippen LogP contribution in [0.1, 0.15) is 39.5 Å². The van der Waals surface area contributed by atoms with E-state index in [2.05, 4.69) is 22.5 Å². The molecule has 0 radical (unpaired) electrons. The monoisotopic (exact) mass is 454 g/mol. The first-order valence-corrected chi connectivity index (χ1v) is 9.29. The minimum absolute atomic E-state index is 0. The molecule has 0 saturated carbocycles. The lowest BCUT2D eigenvalue weighted by atomic mass is 10.2. The molecule has 0 aromatic heterocycles. The Kier molecular flexibility index (Phi) is 12.0. The van der Waals surface area contributed by atoms with E-state index in [9.17, 15) is 0 Å². The van der Waals surface area contributed by atoms with Crippen molar-refractivity contribution >= 4 is 29.9 Å². The summed E-state index contributed by atoms with van der Waals surface area (Å²) in [5, 5.41) is 6.71. The van der Waals surface area contributed by atoms with E-state index in [4.69, 9.17) is 14.5 Å². The highest BCUT2D eigenvalue weighted by Crippen LogP contribution is 2.22. The molecule has 0 spiro atoms. The van der Waals surface area contributed by atoms with Crippen LogP contribution < -0.4 is 10.6 Å². The minimum atomic E-state index is 0. The van der Waals surface area contributed by atoms with Gasteiger partial charge in [-0.25, -0.2) is 0 Å². The van der Waals surface area contributed by atoms with Gasteiger partial charge in [0.2, 0.25) is 0 Å². The highest BCUT2D eigenvalue weighted by atomic mass is 127. The zero-order valence-corrected chi connectivity index (χ0v) is 17.6. The van der Waals surface area contributed by atoms with Crippen molar-refractivity contribution in [3.05, 3.63) is 0 Å². The van der Waals surface area contributed by atoms with Gasteiger partial charge >= 0.3 is 0 Å². The van der Waals surface area contributed by atoms with Crippen LogP contribution in [-0.2, 0) is 9.47 Å². The van der Waals surface area contributed by atoms with Crippen LogP contribution in [0.4, 0.5) is 0 Å². The van der Waals surface area contributed by atoms with Gasteiger partial charge in [-0.15, -0.1) is 24.0 Å². The van der Waals surface area contributed by atoms with Crippen molar-refractivity contribution in [1.82, 2.24) is 15.5 Å². The molecule has 2 fully saturated rings. The Hall–Kier alpha value is -0.120. The molecule has 2 aliphatic rings. The van der Waals surface area contributed by atoms with Gasteiger partial charge in [0.25, 0.3) is 0 Å². The van der Waals surface area contributed by atoms with Crippen LogP contribution >= 0.6 is 24.0 Å². The smallest absolute Gasteiger partial charge is 0.191 e. The summed E-state index contributed by atoms with van der Waals surface area (Å²) in [6.07, 6.45) is 5.03. The van der Waals surface area contributed by atoms with Crippen LogP contribution in [0.25, 0.3) is 0 Å².